The number of pyridine rings is 1. The third-order valence-corrected chi connectivity index (χ3v) is 4.08. The molecule has 1 saturated carbocycles. The van der Waals surface area contributed by atoms with Crippen LogP contribution in [0.2, 0.25) is 0 Å². The van der Waals surface area contributed by atoms with E-state index in [0.717, 1.165) is 29.4 Å². The number of nitrogens with one attached hydrogen (secondary N) is 1. The normalized spacial score (nSPS) is 14.4. The van der Waals surface area contributed by atoms with Gasteiger partial charge in [0.05, 0.1) is 6.61 Å². The minimum atomic E-state index is 0.0551. The molecule has 1 aromatic rings. The fourth-order valence-corrected chi connectivity index (χ4v) is 2.52. The molecule has 1 aromatic heterocycles. The van der Waals surface area contributed by atoms with Crippen LogP contribution >= 0.6 is 11.8 Å². The second-order valence-corrected chi connectivity index (χ2v) is 5.96. The molecule has 104 valence electrons. The van der Waals surface area contributed by atoms with E-state index in [2.05, 4.69) is 10.3 Å². The molecule has 2 N–H and O–H groups in total. The molecule has 0 bridgehead atoms. The van der Waals surface area contributed by atoms with Gasteiger partial charge in [-0.3, -0.25) is 4.79 Å². The molecular formula is C14H20N2O2S. The smallest absolute Gasteiger partial charge is 0.225 e. The number of aliphatic hydroxyl groups excluding tert-OH is 1. The highest BCUT2D eigenvalue weighted by Gasteiger charge is 2.21. The first-order chi connectivity index (χ1) is 9.28. The van der Waals surface area contributed by atoms with Crippen LogP contribution in [-0.2, 0) is 10.5 Å². The molecule has 19 heavy (non-hydrogen) atoms. The molecule has 1 amide bonds. The van der Waals surface area contributed by atoms with Gasteiger partial charge in [0, 0.05) is 24.1 Å². The molecule has 0 saturated heterocycles. The molecule has 0 aliphatic heterocycles. The fourth-order valence-electron chi connectivity index (χ4n) is 1.83. The zero-order chi connectivity index (χ0) is 13.5. The zero-order valence-electron chi connectivity index (χ0n) is 11.0. The van der Waals surface area contributed by atoms with Crippen LogP contribution in [0.1, 0.15) is 31.2 Å². The summed E-state index contributed by atoms with van der Waals surface area (Å²) in [5, 5.41) is 11.6. The summed E-state index contributed by atoms with van der Waals surface area (Å²) in [4.78, 5) is 15.9. The highest BCUT2D eigenvalue weighted by molar-refractivity contribution is 7.98. The van der Waals surface area contributed by atoms with Crippen molar-refractivity contribution < 1.29 is 9.90 Å². The number of hydrogen-bond donors (Lipinski definition) is 2. The third kappa shape index (κ3) is 5.61. The number of carbonyl (C=O) groups is 1. The van der Waals surface area contributed by atoms with E-state index in [-0.39, 0.29) is 12.5 Å². The summed E-state index contributed by atoms with van der Waals surface area (Å²) < 4.78 is 0. The lowest BCUT2D eigenvalue weighted by Gasteiger charge is -2.06. The number of anilines is 1. The molecular weight excluding hydrogens is 260 g/mol. The van der Waals surface area contributed by atoms with Crippen molar-refractivity contribution in [1.29, 1.82) is 0 Å². The Balaban J connectivity index is 1.78. The number of aliphatic hydroxyl groups is 1. The first-order valence-corrected chi connectivity index (χ1v) is 7.87. The minimum Gasteiger partial charge on any atom is -0.396 e. The van der Waals surface area contributed by atoms with Crippen molar-refractivity contribution in [3.8, 4) is 0 Å². The molecule has 4 nitrogen and oxygen atoms in total. The van der Waals surface area contributed by atoms with Crippen molar-refractivity contribution in [2.45, 2.75) is 31.4 Å². The van der Waals surface area contributed by atoms with Gasteiger partial charge in [0.1, 0.15) is 5.82 Å². The molecule has 1 aliphatic rings. The average molecular weight is 280 g/mol. The molecule has 0 aromatic carbocycles. The molecule has 0 unspecified atom stereocenters. The van der Waals surface area contributed by atoms with Crippen LogP contribution in [0.5, 0.6) is 0 Å². The summed E-state index contributed by atoms with van der Waals surface area (Å²) >= 11 is 1.67. The van der Waals surface area contributed by atoms with Crippen LogP contribution in [0.4, 0.5) is 5.82 Å². The average Bonchev–Trinajstić information content (AvgIpc) is 3.21. The van der Waals surface area contributed by atoms with Gasteiger partial charge in [0.15, 0.2) is 0 Å². The highest BCUT2D eigenvalue weighted by Crippen LogP contribution is 2.33. The summed E-state index contributed by atoms with van der Waals surface area (Å²) in [5.74, 6) is 3.02. The van der Waals surface area contributed by atoms with Crippen LogP contribution in [0, 0.1) is 5.92 Å². The maximum absolute atomic E-state index is 11.7. The number of thioether (sulfide) groups is 1. The van der Waals surface area contributed by atoms with E-state index in [9.17, 15) is 4.79 Å². The Bertz CT molecular complexity index is 422. The summed E-state index contributed by atoms with van der Waals surface area (Å²) in [6.45, 7) is 0.195. The van der Waals surface area contributed by atoms with Gasteiger partial charge in [-0.1, -0.05) is 12.8 Å². The van der Waals surface area contributed by atoms with E-state index in [0.29, 0.717) is 12.2 Å². The minimum absolute atomic E-state index is 0.0551. The Hall–Kier alpha value is -1.07. The monoisotopic (exact) mass is 280 g/mol. The lowest BCUT2D eigenvalue weighted by molar-refractivity contribution is -0.116. The van der Waals surface area contributed by atoms with Gasteiger partial charge < -0.3 is 10.4 Å². The Morgan fingerprint density at radius 3 is 3.11 bits per heavy atom. The van der Waals surface area contributed by atoms with Crippen LogP contribution < -0.4 is 5.32 Å². The topological polar surface area (TPSA) is 62.2 Å². The second kappa shape index (κ2) is 7.50. The Kier molecular flexibility index (Phi) is 5.66. The predicted molar refractivity (Wildman–Crippen MR) is 78.1 cm³/mol. The Labute approximate surface area is 118 Å². The van der Waals surface area contributed by atoms with Gasteiger partial charge >= 0.3 is 0 Å². The first-order valence-electron chi connectivity index (χ1n) is 6.71. The first kappa shape index (κ1) is 14.3. The molecule has 5 heteroatoms. The molecule has 0 atom stereocenters. The molecule has 1 aliphatic carbocycles. The van der Waals surface area contributed by atoms with Crippen molar-refractivity contribution in [2.75, 3.05) is 17.7 Å². The maximum Gasteiger partial charge on any atom is 0.225 e. The second-order valence-electron chi connectivity index (χ2n) is 4.86. The van der Waals surface area contributed by atoms with Crippen LogP contribution in [0.25, 0.3) is 0 Å². The van der Waals surface area contributed by atoms with Gasteiger partial charge in [0.2, 0.25) is 5.91 Å². The van der Waals surface area contributed by atoms with Crippen molar-refractivity contribution in [2.24, 2.45) is 5.92 Å². The Morgan fingerprint density at radius 1 is 1.53 bits per heavy atom. The van der Waals surface area contributed by atoms with E-state index in [4.69, 9.17) is 5.11 Å². The quantitative estimate of drug-likeness (QED) is 0.718. The predicted octanol–water partition coefficient (Wildman–Crippen LogP) is 2.44. The van der Waals surface area contributed by atoms with Gasteiger partial charge in [-0.05, 0) is 30.0 Å². The molecule has 1 heterocycles. The highest BCUT2D eigenvalue weighted by atomic mass is 32.2. The lowest BCUT2D eigenvalue weighted by atomic mass is 10.2. The van der Waals surface area contributed by atoms with Crippen LogP contribution in [0.15, 0.2) is 18.3 Å². The SMILES string of the molecule is O=C(CCC1CC1)Nc1cc(CSCCO)ccn1. The lowest BCUT2D eigenvalue weighted by Crippen LogP contribution is -2.12. The number of hydrogen-bond acceptors (Lipinski definition) is 4. The Morgan fingerprint density at radius 2 is 2.37 bits per heavy atom. The van der Waals surface area contributed by atoms with Gasteiger partial charge in [-0.2, -0.15) is 11.8 Å². The molecule has 0 spiro atoms. The van der Waals surface area contributed by atoms with E-state index in [1.807, 2.05) is 12.1 Å². The van der Waals surface area contributed by atoms with E-state index in [1.54, 1.807) is 18.0 Å². The zero-order valence-corrected chi connectivity index (χ0v) is 11.8. The van der Waals surface area contributed by atoms with Crippen molar-refractivity contribution in [3.63, 3.8) is 0 Å². The standard InChI is InChI=1S/C14H20N2O2S/c17-7-8-19-10-12-5-6-15-13(9-12)16-14(18)4-3-11-1-2-11/h5-6,9,11,17H,1-4,7-8,10H2,(H,15,16,18). The number of aromatic nitrogens is 1. The molecule has 1 fully saturated rings. The number of nitrogens with zero attached hydrogens (tertiary/aromatic N) is 1. The summed E-state index contributed by atoms with van der Waals surface area (Å²) in [5.41, 5.74) is 1.12. The summed E-state index contributed by atoms with van der Waals surface area (Å²) in [6, 6.07) is 3.84. The van der Waals surface area contributed by atoms with Crippen LogP contribution in [0.3, 0.4) is 0 Å². The summed E-state index contributed by atoms with van der Waals surface area (Å²) in [6.07, 6.45) is 5.87. The third-order valence-electron chi connectivity index (χ3n) is 3.07. The van der Waals surface area contributed by atoms with E-state index in [1.165, 1.54) is 12.8 Å². The molecule has 0 radical (unpaired) electrons. The van der Waals surface area contributed by atoms with Gasteiger partial charge in [-0.25, -0.2) is 4.98 Å². The number of carbonyl (C=O) groups excluding carboxylic acids is 1. The maximum atomic E-state index is 11.7. The van der Waals surface area contributed by atoms with Crippen molar-refractivity contribution in [3.05, 3.63) is 23.9 Å². The van der Waals surface area contributed by atoms with Gasteiger partial charge in [0.25, 0.3) is 0 Å². The van der Waals surface area contributed by atoms with Crippen molar-refractivity contribution >= 4 is 23.5 Å². The van der Waals surface area contributed by atoms with E-state index >= 15 is 0 Å². The fraction of sp³-hybridized carbons (Fsp3) is 0.571. The number of amides is 1. The summed E-state index contributed by atoms with van der Waals surface area (Å²) in [7, 11) is 0. The van der Waals surface area contributed by atoms with Crippen molar-refractivity contribution in [1.82, 2.24) is 4.98 Å². The number of rotatable bonds is 8. The largest absolute Gasteiger partial charge is 0.396 e. The van der Waals surface area contributed by atoms with E-state index < -0.39 is 0 Å². The molecule has 2 rings (SSSR count). The van der Waals surface area contributed by atoms with Gasteiger partial charge in [-0.15, -0.1) is 0 Å². The van der Waals surface area contributed by atoms with Crippen LogP contribution in [-0.4, -0.2) is 28.4 Å².